The molecule has 0 fully saturated rings. The van der Waals surface area contributed by atoms with Gasteiger partial charge in [-0.2, -0.15) is 0 Å². The van der Waals surface area contributed by atoms with E-state index in [1.165, 1.54) is 47.4 Å². The molecular weight excluding hydrogens is 465 g/mol. The largest absolute Gasteiger partial charge is 0.493 e. The Labute approximate surface area is 199 Å². The summed E-state index contributed by atoms with van der Waals surface area (Å²) >= 11 is 2.67. The van der Waals surface area contributed by atoms with E-state index in [0.29, 0.717) is 40.2 Å². The fraction of sp³-hybridized carbons (Fsp3) is 0.261. The van der Waals surface area contributed by atoms with E-state index >= 15 is 0 Å². The van der Waals surface area contributed by atoms with E-state index < -0.39 is 0 Å². The molecule has 3 aromatic rings. The maximum atomic E-state index is 12.9. The normalized spacial score (nSPS) is 10.5. The van der Waals surface area contributed by atoms with Gasteiger partial charge in [-0.3, -0.25) is 9.59 Å². The fourth-order valence-electron chi connectivity index (χ4n) is 2.90. The minimum Gasteiger partial charge on any atom is -0.493 e. The number of anilines is 1. The summed E-state index contributed by atoms with van der Waals surface area (Å²) in [5.74, 6) is 0.794. The highest BCUT2D eigenvalue weighted by atomic mass is 32.2. The van der Waals surface area contributed by atoms with Gasteiger partial charge in [-0.1, -0.05) is 17.8 Å². The summed E-state index contributed by atoms with van der Waals surface area (Å²) in [5, 5.41) is 7.41. The summed E-state index contributed by atoms with van der Waals surface area (Å²) in [4.78, 5) is 28.7. The lowest BCUT2D eigenvalue weighted by molar-refractivity contribution is -0.120. The van der Waals surface area contributed by atoms with Gasteiger partial charge in [-0.25, -0.2) is 9.37 Å². The van der Waals surface area contributed by atoms with Crippen molar-refractivity contribution in [3.05, 3.63) is 64.9 Å². The van der Waals surface area contributed by atoms with Crippen LogP contribution in [0.5, 0.6) is 11.5 Å². The first-order valence-corrected chi connectivity index (χ1v) is 11.9. The van der Waals surface area contributed by atoms with E-state index in [4.69, 9.17) is 9.47 Å². The highest BCUT2D eigenvalue weighted by molar-refractivity contribution is 8.01. The molecule has 2 N–H and O–H groups in total. The van der Waals surface area contributed by atoms with Gasteiger partial charge in [0.2, 0.25) is 11.8 Å². The lowest BCUT2D eigenvalue weighted by atomic mass is 10.1. The minimum absolute atomic E-state index is 0.119. The van der Waals surface area contributed by atoms with Crippen molar-refractivity contribution in [1.29, 1.82) is 0 Å². The molecule has 174 valence electrons. The van der Waals surface area contributed by atoms with Crippen LogP contribution in [0.3, 0.4) is 0 Å². The van der Waals surface area contributed by atoms with Crippen molar-refractivity contribution in [1.82, 2.24) is 10.3 Å². The third kappa shape index (κ3) is 7.76. The number of aromatic nitrogens is 1. The Hall–Kier alpha value is -3.11. The maximum Gasteiger partial charge on any atom is 0.234 e. The zero-order chi connectivity index (χ0) is 23.6. The van der Waals surface area contributed by atoms with E-state index in [1.807, 2.05) is 23.6 Å². The van der Waals surface area contributed by atoms with Crippen LogP contribution in [-0.2, 0) is 22.4 Å². The number of rotatable bonds is 11. The topological polar surface area (TPSA) is 89.5 Å². The van der Waals surface area contributed by atoms with Gasteiger partial charge >= 0.3 is 0 Å². The first-order valence-electron chi connectivity index (χ1n) is 10.1. The van der Waals surface area contributed by atoms with Gasteiger partial charge in [-0.15, -0.1) is 11.3 Å². The third-order valence-corrected chi connectivity index (χ3v) is 6.58. The van der Waals surface area contributed by atoms with Crippen LogP contribution in [0.4, 0.5) is 10.1 Å². The summed E-state index contributed by atoms with van der Waals surface area (Å²) in [5.41, 5.74) is 2.22. The van der Waals surface area contributed by atoms with Crippen molar-refractivity contribution >= 4 is 40.6 Å². The second-order valence-corrected chi connectivity index (χ2v) is 9.00. The number of hydrogen-bond acceptors (Lipinski definition) is 7. The zero-order valence-electron chi connectivity index (χ0n) is 18.2. The molecule has 2 amide bonds. The van der Waals surface area contributed by atoms with E-state index in [9.17, 15) is 14.0 Å². The van der Waals surface area contributed by atoms with E-state index in [2.05, 4.69) is 15.6 Å². The number of halogens is 1. The molecule has 0 radical (unpaired) electrons. The molecule has 0 unspecified atom stereocenters. The predicted molar refractivity (Wildman–Crippen MR) is 128 cm³/mol. The quantitative estimate of drug-likeness (QED) is 0.397. The molecule has 7 nitrogen and oxygen atoms in total. The number of nitrogens with zero attached hydrogens (tertiary/aromatic N) is 1. The molecule has 1 aromatic heterocycles. The van der Waals surface area contributed by atoms with Crippen LogP contribution >= 0.6 is 23.1 Å². The maximum absolute atomic E-state index is 12.9. The second-order valence-electron chi connectivity index (χ2n) is 6.91. The standard InChI is InChI=1S/C23H24FN3O4S2/c1-30-19-8-3-15(11-20(19)31-2)9-10-25-21(28)12-18-13-32-23(27-18)33-14-22(29)26-17-6-4-16(24)5-7-17/h3-8,11,13H,9-10,12,14H2,1-2H3,(H,25,28)(H,26,29). The molecule has 3 rings (SSSR count). The highest BCUT2D eigenvalue weighted by Gasteiger charge is 2.11. The number of benzene rings is 2. The molecule has 0 aliphatic heterocycles. The molecular formula is C23H24FN3O4S2. The van der Waals surface area contributed by atoms with Crippen molar-refractivity contribution < 1.29 is 23.5 Å². The van der Waals surface area contributed by atoms with Gasteiger partial charge in [0.05, 0.1) is 32.1 Å². The van der Waals surface area contributed by atoms with E-state index in [0.717, 1.165) is 5.56 Å². The van der Waals surface area contributed by atoms with Crippen molar-refractivity contribution in [2.24, 2.45) is 0 Å². The molecule has 0 saturated carbocycles. The molecule has 1 heterocycles. The Morgan fingerprint density at radius 1 is 1.06 bits per heavy atom. The van der Waals surface area contributed by atoms with Crippen LogP contribution in [0.2, 0.25) is 0 Å². The van der Waals surface area contributed by atoms with Crippen LogP contribution in [0.25, 0.3) is 0 Å². The molecule has 10 heteroatoms. The van der Waals surface area contributed by atoms with Gasteiger partial charge < -0.3 is 20.1 Å². The zero-order valence-corrected chi connectivity index (χ0v) is 19.9. The molecule has 0 aliphatic carbocycles. The van der Waals surface area contributed by atoms with Gasteiger partial charge in [0.1, 0.15) is 5.82 Å². The van der Waals surface area contributed by atoms with Gasteiger partial charge in [0, 0.05) is 17.6 Å². The summed E-state index contributed by atoms with van der Waals surface area (Å²) in [6.07, 6.45) is 0.832. The molecule has 0 bridgehead atoms. The number of ether oxygens (including phenoxy) is 2. The number of nitrogens with one attached hydrogen (secondary N) is 2. The van der Waals surface area contributed by atoms with Crippen molar-refractivity contribution in [3.8, 4) is 11.5 Å². The van der Waals surface area contributed by atoms with Crippen LogP contribution < -0.4 is 20.1 Å². The Bertz CT molecular complexity index is 1090. The molecule has 0 aliphatic rings. The van der Waals surface area contributed by atoms with Gasteiger partial charge in [0.15, 0.2) is 15.8 Å². The Morgan fingerprint density at radius 3 is 2.55 bits per heavy atom. The predicted octanol–water partition coefficient (Wildman–Crippen LogP) is 3.93. The first kappa shape index (κ1) is 24.5. The van der Waals surface area contributed by atoms with Crippen molar-refractivity contribution in [3.63, 3.8) is 0 Å². The van der Waals surface area contributed by atoms with Crippen LogP contribution in [-0.4, -0.2) is 43.3 Å². The summed E-state index contributed by atoms with van der Waals surface area (Å²) < 4.78 is 24.2. The van der Waals surface area contributed by atoms with E-state index in [1.54, 1.807) is 14.2 Å². The number of carbonyl (C=O) groups excluding carboxylic acids is 2. The highest BCUT2D eigenvalue weighted by Crippen LogP contribution is 2.27. The Balaban J connectivity index is 1.39. The summed E-state index contributed by atoms with van der Waals surface area (Å²) in [7, 11) is 3.17. The number of hydrogen-bond donors (Lipinski definition) is 2. The fourth-order valence-corrected chi connectivity index (χ4v) is 4.55. The lowest BCUT2D eigenvalue weighted by Gasteiger charge is -2.10. The van der Waals surface area contributed by atoms with Crippen molar-refractivity contribution in [2.45, 2.75) is 17.2 Å². The molecule has 33 heavy (non-hydrogen) atoms. The number of thioether (sulfide) groups is 1. The van der Waals surface area contributed by atoms with Crippen LogP contribution in [0.1, 0.15) is 11.3 Å². The first-order chi connectivity index (χ1) is 16.0. The second kappa shape index (κ2) is 12.2. The average molecular weight is 490 g/mol. The van der Waals surface area contributed by atoms with Crippen LogP contribution in [0.15, 0.2) is 52.2 Å². The molecule has 2 aromatic carbocycles. The average Bonchev–Trinajstić information content (AvgIpc) is 3.26. The number of carbonyl (C=O) groups is 2. The number of amides is 2. The van der Waals surface area contributed by atoms with Crippen molar-refractivity contribution in [2.75, 3.05) is 31.8 Å². The molecule has 0 spiro atoms. The number of thiazole rings is 1. The monoisotopic (exact) mass is 489 g/mol. The lowest BCUT2D eigenvalue weighted by Crippen LogP contribution is -2.27. The summed E-state index contributed by atoms with van der Waals surface area (Å²) in [6.45, 7) is 0.490. The molecule has 0 saturated heterocycles. The Kier molecular flexibility index (Phi) is 9.08. The SMILES string of the molecule is COc1ccc(CCNC(=O)Cc2csc(SCC(=O)Nc3ccc(F)cc3)n2)cc1OC. The van der Waals surface area contributed by atoms with Crippen LogP contribution in [0, 0.1) is 5.82 Å². The van der Waals surface area contributed by atoms with E-state index in [-0.39, 0.29) is 29.8 Å². The minimum atomic E-state index is -0.359. The third-order valence-electron chi connectivity index (χ3n) is 4.51. The van der Waals surface area contributed by atoms with Gasteiger partial charge in [-0.05, 0) is 48.4 Å². The summed E-state index contributed by atoms with van der Waals surface area (Å²) in [6, 6.07) is 11.2. The molecule has 0 atom stereocenters. The number of methoxy groups -OCH3 is 2. The van der Waals surface area contributed by atoms with Gasteiger partial charge in [0.25, 0.3) is 0 Å². The smallest absolute Gasteiger partial charge is 0.234 e. The Morgan fingerprint density at radius 2 is 1.82 bits per heavy atom.